The molecule has 0 heterocycles. The van der Waals surface area contributed by atoms with Gasteiger partial charge in [0.15, 0.2) is 0 Å². The van der Waals surface area contributed by atoms with E-state index in [0.717, 1.165) is 6.21 Å². The first kappa shape index (κ1) is 17.5. The largest absolute Gasteiger partial charge is 0.335 e. The van der Waals surface area contributed by atoms with Crippen molar-refractivity contribution in [3.63, 3.8) is 0 Å². The highest BCUT2D eigenvalue weighted by Crippen LogP contribution is 2.11. The number of alkyl halides is 1. The van der Waals surface area contributed by atoms with Gasteiger partial charge in [0.2, 0.25) is 5.91 Å². The molecule has 7 heteroatoms. The highest BCUT2D eigenvalue weighted by molar-refractivity contribution is 6.14. The first-order chi connectivity index (χ1) is 8.93. The topological polar surface area (TPSA) is 94.6 Å². The lowest BCUT2D eigenvalue weighted by molar-refractivity contribution is -0.134. The van der Waals surface area contributed by atoms with Gasteiger partial charge < -0.3 is 21.5 Å². The zero-order valence-electron chi connectivity index (χ0n) is 11.8. The quantitative estimate of drug-likeness (QED) is 0.419. The number of nitrogens with zero attached hydrogens (tertiary/aromatic N) is 2. The Morgan fingerprint density at radius 2 is 2.16 bits per heavy atom. The van der Waals surface area contributed by atoms with Crippen LogP contribution in [0.15, 0.2) is 5.10 Å². The van der Waals surface area contributed by atoms with Crippen molar-refractivity contribution in [1.29, 1.82) is 5.41 Å². The van der Waals surface area contributed by atoms with Gasteiger partial charge in [0, 0.05) is 18.8 Å². The molecule has 0 rings (SSSR count). The molecule has 0 aromatic rings. The van der Waals surface area contributed by atoms with Crippen LogP contribution in [0, 0.1) is 11.3 Å². The normalized spacial score (nSPS) is 14.4. The molecule has 1 amide bonds. The van der Waals surface area contributed by atoms with Crippen LogP contribution in [0.2, 0.25) is 0 Å². The minimum Gasteiger partial charge on any atom is -0.335 e. The van der Waals surface area contributed by atoms with E-state index < -0.39 is 6.17 Å². The van der Waals surface area contributed by atoms with E-state index in [4.69, 9.17) is 11.1 Å². The van der Waals surface area contributed by atoms with Crippen LogP contribution in [0.25, 0.3) is 0 Å². The molecule has 1 unspecified atom stereocenters. The predicted octanol–water partition coefficient (Wildman–Crippen LogP) is 0.381. The van der Waals surface area contributed by atoms with E-state index in [1.807, 2.05) is 20.8 Å². The average Bonchev–Trinajstić information content (AvgIpc) is 2.39. The van der Waals surface area contributed by atoms with Crippen molar-refractivity contribution in [3.8, 4) is 0 Å². The van der Waals surface area contributed by atoms with Crippen molar-refractivity contribution in [3.05, 3.63) is 0 Å². The van der Waals surface area contributed by atoms with Gasteiger partial charge in [-0.1, -0.05) is 13.8 Å². The van der Waals surface area contributed by atoms with Gasteiger partial charge in [0.25, 0.3) is 0 Å². The molecular formula is C12H24FN5O. The molecule has 0 aromatic heterocycles. The first-order valence-corrected chi connectivity index (χ1v) is 6.32. The molecular weight excluding hydrogens is 249 g/mol. The number of nitrogens with two attached hydrogens (primary N) is 1. The van der Waals surface area contributed by atoms with Crippen LogP contribution >= 0.6 is 0 Å². The molecule has 110 valence electrons. The highest BCUT2D eigenvalue weighted by Gasteiger charge is 2.24. The number of halogens is 1. The molecule has 4 N–H and O–H groups in total. The maximum atomic E-state index is 13.4. The van der Waals surface area contributed by atoms with Crippen molar-refractivity contribution < 1.29 is 9.18 Å². The second-order valence-electron chi connectivity index (χ2n) is 4.64. The molecule has 0 spiro atoms. The summed E-state index contributed by atoms with van der Waals surface area (Å²) in [5.74, 6) is -0.0153. The molecule has 2 atom stereocenters. The Hall–Kier alpha value is -1.50. The summed E-state index contributed by atoms with van der Waals surface area (Å²) in [6, 6.07) is -0.0779. The van der Waals surface area contributed by atoms with Gasteiger partial charge in [0.05, 0.1) is 12.8 Å². The van der Waals surface area contributed by atoms with Crippen LogP contribution in [0.3, 0.4) is 0 Å². The fourth-order valence-electron chi connectivity index (χ4n) is 1.45. The van der Waals surface area contributed by atoms with E-state index in [1.54, 1.807) is 0 Å². The Bertz CT molecular complexity index is 308. The Kier molecular flexibility index (Phi) is 8.69. The summed E-state index contributed by atoms with van der Waals surface area (Å²) in [5, 5.41) is 10.4. The van der Waals surface area contributed by atoms with Crippen LogP contribution in [0.1, 0.15) is 20.8 Å². The van der Waals surface area contributed by atoms with Gasteiger partial charge in [0.1, 0.15) is 12.7 Å². The smallest absolute Gasteiger partial charge is 0.243 e. The lowest BCUT2D eigenvalue weighted by Crippen LogP contribution is -2.48. The number of hydrogen-bond donors (Lipinski definition) is 3. The number of rotatable bonds is 9. The van der Waals surface area contributed by atoms with Gasteiger partial charge >= 0.3 is 0 Å². The number of amides is 1. The van der Waals surface area contributed by atoms with Crippen molar-refractivity contribution in [2.45, 2.75) is 33.0 Å². The molecule has 0 aliphatic heterocycles. The van der Waals surface area contributed by atoms with Gasteiger partial charge in [-0.3, -0.25) is 4.79 Å². The average molecular weight is 273 g/mol. The summed E-state index contributed by atoms with van der Waals surface area (Å²) in [6.45, 7) is 5.69. The lowest BCUT2D eigenvalue weighted by Gasteiger charge is -2.32. The Morgan fingerprint density at radius 1 is 1.53 bits per heavy atom. The van der Waals surface area contributed by atoms with Gasteiger partial charge in [-0.2, -0.15) is 5.10 Å². The Morgan fingerprint density at radius 3 is 2.63 bits per heavy atom. The summed E-state index contributed by atoms with van der Waals surface area (Å²) >= 11 is 0. The Labute approximate surface area is 113 Å². The fourth-order valence-corrected chi connectivity index (χ4v) is 1.45. The van der Waals surface area contributed by atoms with Crippen molar-refractivity contribution in [1.82, 2.24) is 10.3 Å². The fraction of sp³-hybridized carbons (Fsp3) is 0.750. The van der Waals surface area contributed by atoms with Gasteiger partial charge in [-0.05, 0) is 12.8 Å². The second kappa shape index (κ2) is 9.43. The van der Waals surface area contributed by atoms with E-state index in [2.05, 4.69) is 10.5 Å². The van der Waals surface area contributed by atoms with Gasteiger partial charge in [-0.25, -0.2) is 4.39 Å². The summed E-state index contributed by atoms with van der Waals surface area (Å²) in [4.78, 5) is 13.5. The maximum Gasteiger partial charge on any atom is 0.243 e. The van der Waals surface area contributed by atoms with Crippen LogP contribution < -0.4 is 11.2 Å². The summed E-state index contributed by atoms with van der Waals surface area (Å²) < 4.78 is 13.4. The molecule has 19 heavy (non-hydrogen) atoms. The van der Waals surface area contributed by atoms with Crippen LogP contribution in [0.5, 0.6) is 0 Å². The van der Waals surface area contributed by atoms with Crippen molar-refractivity contribution in [2.75, 3.05) is 19.6 Å². The third-order valence-electron chi connectivity index (χ3n) is 2.90. The van der Waals surface area contributed by atoms with E-state index in [-0.39, 0.29) is 37.5 Å². The molecule has 0 saturated heterocycles. The predicted molar refractivity (Wildman–Crippen MR) is 75.2 cm³/mol. The SMILES string of the molecule is CC(C)C(C)N(C[C@@H](F)CN)C(=O)CN/N=C\C=N. The number of hydrazone groups is 1. The van der Waals surface area contributed by atoms with Gasteiger partial charge in [-0.15, -0.1) is 0 Å². The van der Waals surface area contributed by atoms with Crippen molar-refractivity contribution in [2.24, 2.45) is 16.8 Å². The van der Waals surface area contributed by atoms with E-state index >= 15 is 0 Å². The monoisotopic (exact) mass is 273 g/mol. The summed E-state index contributed by atoms with van der Waals surface area (Å²) in [6.07, 6.45) is 0.995. The number of hydrogen-bond acceptors (Lipinski definition) is 5. The van der Waals surface area contributed by atoms with E-state index in [9.17, 15) is 9.18 Å². The molecule has 6 nitrogen and oxygen atoms in total. The lowest BCUT2D eigenvalue weighted by atomic mass is 10.0. The van der Waals surface area contributed by atoms with E-state index in [1.165, 1.54) is 11.1 Å². The molecule has 0 fully saturated rings. The van der Waals surface area contributed by atoms with Crippen molar-refractivity contribution >= 4 is 18.3 Å². The minimum absolute atomic E-state index is 0.00928. The molecule has 0 aliphatic carbocycles. The van der Waals surface area contributed by atoms with E-state index in [0.29, 0.717) is 0 Å². The maximum absolute atomic E-state index is 13.4. The zero-order valence-corrected chi connectivity index (χ0v) is 11.8. The minimum atomic E-state index is -1.23. The number of nitrogens with one attached hydrogen (secondary N) is 2. The van der Waals surface area contributed by atoms with Crippen LogP contribution in [0.4, 0.5) is 4.39 Å². The first-order valence-electron chi connectivity index (χ1n) is 6.32. The number of carbonyl (C=O) groups is 1. The standard InChI is InChI=1S/C12H24FN5O/c1-9(2)10(3)18(8-11(13)6-15)12(19)7-17-16-5-4-14/h4-5,9-11,14,17H,6-8,15H2,1-3H3/b14-4?,16-5-/t10?,11-/m0/s1. The molecule has 0 aromatic carbocycles. The van der Waals surface area contributed by atoms with Crippen LogP contribution in [-0.2, 0) is 4.79 Å². The third kappa shape index (κ3) is 6.85. The third-order valence-corrected chi connectivity index (χ3v) is 2.90. The van der Waals surface area contributed by atoms with Crippen LogP contribution in [-0.4, -0.2) is 55.1 Å². The number of carbonyl (C=O) groups excluding carboxylic acids is 1. The summed E-state index contributed by atoms with van der Waals surface area (Å²) in [5.41, 5.74) is 7.78. The molecule has 0 aliphatic rings. The summed E-state index contributed by atoms with van der Waals surface area (Å²) in [7, 11) is 0. The zero-order chi connectivity index (χ0) is 14.8. The Balaban J connectivity index is 4.58. The second-order valence-corrected chi connectivity index (χ2v) is 4.64. The molecule has 0 bridgehead atoms. The molecule has 0 radical (unpaired) electrons. The molecule has 0 saturated carbocycles. The highest BCUT2D eigenvalue weighted by atomic mass is 19.1.